The number of hydrogen-bond donors (Lipinski definition) is 0. The van der Waals surface area contributed by atoms with Gasteiger partial charge in [0.15, 0.2) is 11.0 Å². The van der Waals surface area contributed by atoms with Gasteiger partial charge < -0.3 is 0 Å². The molecule has 22 heavy (non-hydrogen) atoms. The lowest BCUT2D eigenvalue weighted by molar-refractivity contribution is 0.882. The average molecular weight is 307 g/mol. The van der Waals surface area contributed by atoms with Crippen molar-refractivity contribution in [2.45, 2.75) is 12.1 Å². The topological polar surface area (TPSA) is 67.4 Å². The van der Waals surface area contributed by atoms with E-state index in [2.05, 4.69) is 21.3 Å². The molecule has 0 aliphatic heterocycles. The molecule has 5 nitrogen and oxygen atoms in total. The molecule has 0 spiro atoms. The molecule has 0 fully saturated rings. The maximum Gasteiger partial charge on any atom is 0.197 e. The number of para-hydroxylation sites is 1. The number of pyridine rings is 1. The Morgan fingerprint density at radius 2 is 1.91 bits per heavy atom. The standard InChI is InChI=1S/C16H13N5S/c1-12-4-2-3-5-14(12)21-15(13-6-9-18-10-7-13)19-20-16(21)22-11-8-17/h2-7,9-10H,11H2,1H3. The predicted octanol–water partition coefficient (Wildman–Crippen LogP) is 3.25. The van der Waals surface area contributed by atoms with Gasteiger partial charge in [-0.25, -0.2) is 0 Å². The summed E-state index contributed by atoms with van der Waals surface area (Å²) in [6.45, 7) is 2.05. The van der Waals surface area contributed by atoms with Crippen LogP contribution in [0.25, 0.3) is 17.1 Å². The van der Waals surface area contributed by atoms with E-state index < -0.39 is 0 Å². The molecule has 2 heterocycles. The van der Waals surface area contributed by atoms with Crippen LogP contribution in [-0.2, 0) is 0 Å². The summed E-state index contributed by atoms with van der Waals surface area (Å²) in [7, 11) is 0. The van der Waals surface area contributed by atoms with Crippen LogP contribution < -0.4 is 0 Å². The average Bonchev–Trinajstić information content (AvgIpc) is 2.98. The van der Waals surface area contributed by atoms with Gasteiger partial charge in [-0.1, -0.05) is 30.0 Å². The van der Waals surface area contributed by atoms with Crippen LogP contribution in [0.2, 0.25) is 0 Å². The maximum absolute atomic E-state index is 8.83. The van der Waals surface area contributed by atoms with Crippen molar-refractivity contribution in [2.24, 2.45) is 0 Å². The number of thioether (sulfide) groups is 1. The summed E-state index contributed by atoms with van der Waals surface area (Å²) in [5, 5.41) is 18.1. The van der Waals surface area contributed by atoms with Gasteiger partial charge in [0.05, 0.1) is 17.5 Å². The number of hydrogen-bond acceptors (Lipinski definition) is 5. The molecule has 0 radical (unpaired) electrons. The van der Waals surface area contributed by atoms with E-state index in [0.717, 1.165) is 22.6 Å². The molecular weight excluding hydrogens is 294 g/mol. The van der Waals surface area contributed by atoms with Crippen molar-refractivity contribution in [1.29, 1.82) is 5.26 Å². The van der Waals surface area contributed by atoms with E-state index in [9.17, 15) is 0 Å². The van der Waals surface area contributed by atoms with Crippen molar-refractivity contribution in [3.63, 3.8) is 0 Å². The third-order valence-electron chi connectivity index (χ3n) is 3.19. The molecule has 108 valence electrons. The highest BCUT2D eigenvalue weighted by atomic mass is 32.2. The van der Waals surface area contributed by atoms with Crippen LogP contribution in [0.1, 0.15) is 5.56 Å². The van der Waals surface area contributed by atoms with Crippen LogP contribution in [0.3, 0.4) is 0 Å². The van der Waals surface area contributed by atoms with Gasteiger partial charge in [0.25, 0.3) is 0 Å². The van der Waals surface area contributed by atoms with E-state index in [1.54, 1.807) is 12.4 Å². The summed E-state index contributed by atoms with van der Waals surface area (Å²) < 4.78 is 1.99. The molecule has 0 bridgehead atoms. The van der Waals surface area contributed by atoms with Crippen LogP contribution in [-0.4, -0.2) is 25.5 Å². The molecule has 0 aliphatic carbocycles. The van der Waals surface area contributed by atoms with Crippen LogP contribution in [0.4, 0.5) is 0 Å². The van der Waals surface area contributed by atoms with Crippen molar-refractivity contribution in [3.05, 3.63) is 54.4 Å². The Morgan fingerprint density at radius 3 is 2.64 bits per heavy atom. The molecule has 0 saturated heterocycles. The zero-order valence-corrected chi connectivity index (χ0v) is 12.8. The fourth-order valence-electron chi connectivity index (χ4n) is 2.18. The number of benzene rings is 1. The quantitative estimate of drug-likeness (QED) is 0.692. The van der Waals surface area contributed by atoms with Crippen molar-refractivity contribution in [3.8, 4) is 23.1 Å². The Bertz CT molecular complexity index is 820. The summed E-state index contributed by atoms with van der Waals surface area (Å²) >= 11 is 1.38. The third kappa shape index (κ3) is 2.71. The smallest absolute Gasteiger partial charge is 0.197 e. The van der Waals surface area contributed by atoms with Gasteiger partial charge in [0.2, 0.25) is 0 Å². The Morgan fingerprint density at radius 1 is 1.14 bits per heavy atom. The SMILES string of the molecule is Cc1ccccc1-n1c(SCC#N)nnc1-c1ccncc1. The number of aromatic nitrogens is 4. The zero-order chi connectivity index (χ0) is 15.4. The highest BCUT2D eigenvalue weighted by Crippen LogP contribution is 2.28. The fourth-order valence-corrected chi connectivity index (χ4v) is 2.79. The predicted molar refractivity (Wildman–Crippen MR) is 85.7 cm³/mol. The number of aryl methyl sites for hydroxylation is 1. The molecular formula is C16H13N5S. The zero-order valence-electron chi connectivity index (χ0n) is 12.0. The number of rotatable bonds is 4. The largest absolute Gasteiger partial charge is 0.270 e. The van der Waals surface area contributed by atoms with Crippen LogP contribution >= 0.6 is 11.8 Å². The maximum atomic E-state index is 8.83. The Hall–Kier alpha value is -2.65. The molecule has 3 rings (SSSR count). The lowest BCUT2D eigenvalue weighted by atomic mass is 10.2. The van der Waals surface area contributed by atoms with Gasteiger partial charge in [-0.3, -0.25) is 9.55 Å². The van der Waals surface area contributed by atoms with Crippen LogP contribution in [0, 0.1) is 18.3 Å². The highest BCUT2D eigenvalue weighted by Gasteiger charge is 2.17. The van der Waals surface area contributed by atoms with Gasteiger partial charge in [0.1, 0.15) is 0 Å². The van der Waals surface area contributed by atoms with Gasteiger partial charge >= 0.3 is 0 Å². The summed E-state index contributed by atoms with van der Waals surface area (Å²) in [4.78, 5) is 4.04. The van der Waals surface area contributed by atoms with Gasteiger partial charge in [-0.15, -0.1) is 10.2 Å². The van der Waals surface area contributed by atoms with Gasteiger partial charge in [0, 0.05) is 18.0 Å². The normalized spacial score (nSPS) is 10.4. The number of nitrogens with zero attached hydrogens (tertiary/aromatic N) is 5. The first-order chi connectivity index (χ1) is 10.8. The van der Waals surface area contributed by atoms with Crippen molar-refractivity contribution in [1.82, 2.24) is 19.7 Å². The van der Waals surface area contributed by atoms with E-state index in [1.807, 2.05) is 47.9 Å². The molecule has 6 heteroatoms. The lowest BCUT2D eigenvalue weighted by Crippen LogP contribution is -2.02. The van der Waals surface area contributed by atoms with Crippen LogP contribution in [0.5, 0.6) is 0 Å². The second kappa shape index (κ2) is 6.41. The fraction of sp³-hybridized carbons (Fsp3) is 0.125. The molecule has 0 N–H and O–H groups in total. The molecule has 1 aromatic carbocycles. The Labute approximate surface area is 132 Å². The second-order valence-corrected chi connectivity index (χ2v) is 5.55. The molecule has 3 aromatic rings. The van der Waals surface area contributed by atoms with E-state index in [-0.39, 0.29) is 0 Å². The van der Waals surface area contributed by atoms with E-state index in [4.69, 9.17) is 5.26 Å². The summed E-state index contributed by atoms with van der Waals surface area (Å²) in [6, 6.07) is 14.0. The van der Waals surface area contributed by atoms with E-state index in [0.29, 0.717) is 10.9 Å². The lowest BCUT2D eigenvalue weighted by Gasteiger charge is -2.12. The van der Waals surface area contributed by atoms with Crippen molar-refractivity contribution in [2.75, 3.05) is 5.75 Å². The summed E-state index contributed by atoms with van der Waals surface area (Å²) in [5.74, 6) is 1.08. The molecule has 0 atom stereocenters. The van der Waals surface area contributed by atoms with Gasteiger partial charge in [-0.05, 0) is 30.7 Å². The van der Waals surface area contributed by atoms with Gasteiger partial charge in [-0.2, -0.15) is 5.26 Å². The first-order valence-electron chi connectivity index (χ1n) is 6.73. The molecule has 2 aromatic heterocycles. The molecule has 0 aliphatic rings. The highest BCUT2D eigenvalue weighted by molar-refractivity contribution is 7.99. The Kier molecular flexibility index (Phi) is 4.17. The first-order valence-corrected chi connectivity index (χ1v) is 7.71. The number of nitriles is 1. The summed E-state index contributed by atoms with van der Waals surface area (Å²) in [6.07, 6.45) is 3.46. The van der Waals surface area contributed by atoms with E-state index >= 15 is 0 Å². The molecule has 0 unspecified atom stereocenters. The third-order valence-corrected chi connectivity index (χ3v) is 3.99. The minimum atomic E-state index is 0.334. The molecule has 0 saturated carbocycles. The van der Waals surface area contributed by atoms with Crippen molar-refractivity contribution >= 4 is 11.8 Å². The first kappa shape index (κ1) is 14.3. The second-order valence-electron chi connectivity index (χ2n) is 4.61. The monoisotopic (exact) mass is 307 g/mol. The van der Waals surface area contributed by atoms with Crippen LogP contribution in [0.15, 0.2) is 53.9 Å². The minimum Gasteiger partial charge on any atom is -0.270 e. The summed E-state index contributed by atoms with van der Waals surface area (Å²) in [5.41, 5.74) is 3.07. The Balaban J connectivity index is 2.18. The minimum absolute atomic E-state index is 0.334. The van der Waals surface area contributed by atoms with E-state index in [1.165, 1.54) is 11.8 Å². The van der Waals surface area contributed by atoms with Crippen molar-refractivity contribution < 1.29 is 0 Å². The molecule has 0 amide bonds.